The molecule has 1 fully saturated rings. The molecule has 0 radical (unpaired) electrons. The molecule has 0 saturated carbocycles. The minimum atomic E-state index is -0.425. The van der Waals surface area contributed by atoms with E-state index >= 15 is 0 Å². The predicted octanol–water partition coefficient (Wildman–Crippen LogP) is 2.24. The third-order valence-electron chi connectivity index (χ3n) is 3.78. The van der Waals surface area contributed by atoms with Crippen LogP contribution in [-0.2, 0) is 9.47 Å². The van der Waals surface area contributed by atoms with E-state index in [0.717, 1.165) is 39.0 Å². The number of rotatable bonds is 5. The van der Waals surface area contributed by atoms with E-state index in [9.17, 15) is 4.79 Å². The van der Waals surface area contributed by atoms with Gasteiger partial charge in [-0.15, -0.1) is 0 Å². The minimum Gasteiger partial charge on any atom is -0.444 e. The van der Waals surface area contributed by atoms with Crippen molar-refractivity contribution in [3.05, 3.63) is 0 Å². The molecular formula is C15H30N2O3. The van der Waals surface area contributed by atoms with Crippen LogP contribution in [0.2, 0.25) is 0 Å². The van der Waals surface area contributed by atoms with Crippen molar-refractivity contribution in [3.63, 3.8) is 0 Å². The summed E-state index contributed by atoms with van der Waals surface area (Å²) in [5.41, 5.74) is 5.25. The summed E-state index contributed by atoms with van der Waals surface area (Å²) >= 11 is 0. The summed E-state index contributed by atoms with van der Waals surface area (Å²) < 4.78 is 10.7. The molecule has 0 bridgehead atoms. The minimum absolute atomic E-state index is 0.196. The van der Waals surface area contributed by atoms with Gasteiger partial charge in [-0.2, -0.15) is 0 Å². The predicted molar refractivity (Wildman–Crippen MR) is 79.6 cm³/mol. The Kier molecular flexibility index (Phi) is 6.76. The first-order valence-electron chi connectivity index (χ1n) is 7.54. The lowest BCUT2D eigenvalue weighted by Gasteiger charge is -2.36. The molecule has 1 aliphatic heterocycles. The number of nitrogens with two attached hydrogens (primary N) is 1. The Balaban J connectivity index is 2.44. The van der Waals surface area contributed by atoms with Crippen molar-refractivity contribution in [2.24, 2.45) is 17.6 Å². The van der Waals surface area contributed by atoms with Crippen LogP contribution in [0.5, 0.6) is 0 Å². The zero-order valence-corrected chi connectivity index (χ0v) is 13.4. The maximum Gasteiger partial charge on any atom is 0.410 e. The fourth-order valence-electron chi connectivity index (χ4n) is 2.76. The van der Waals surface area contributed by atoms with Crippen molar-refractivity contribution in [2.45, 2.75) is 45.6 Å². The average Bonchev–Trinajstić information content (AvgIpc) is 2.37. The summed E-state index contributed by atoms with van der Waals surface area (Å²) in [6.07, 6.45) is 2.81. The van der Waals surface area contributed by atoms with E-state index in [1.165, 1.54) is 0 Å². The van der Waals surface area contributed by atoms with Crippen LogP contribution in [0.25, 0.3) is 0 Å². The Bertz CT molecular complexity index is 288. The van der Waals surface area contributed by atoms with Gasteiger partial charge >= 0.3 is 6.09 Å². The third-order valence-corrected chi connectivity index (χ3v) is 3.78. The SMILES string of the molecule is COCC(CCN)C1CCN(C(=O)OC(C)(C)C)CC1. The monoisotopic (exact) mass is 286 g/mol. The van der Waals surface area contributed by atoms with Crippen LogP contribution >= 0.6 is 0 Å². The molecule has 118 valence electrons. The van der Waals surface area contributed by atoms with Crippen LogP contribution < -0.4 is 5.73 Å². The number of amides is 1. The van der Waals surface area contributed by atoms with E-state index in [1.54, 1.807) is 7.11 Å². The Morgan fingerprint density at radius 2 is 1.95 bits per heavy atom. The topological polar surface area (TPSA) is 64.8 Å². The zero-order valence-electron chi connectivity index (χ0n) is 13.4. The van der Waals surface area contributed by atoms with Crippen LogP contribution in [0.3, 0.4) is 0 Å². The van der Waals surface area contributed by atoms with Crippen molar-refractivity contribution in [2.75, 3.05) is 33.4 Å². The first-order valence-corrected chi connectivity index (χ1v) is 7.54. The van der Waals surface area contributed by atoms with Gasteiger partial charge in [0, 0.05) is 26.8 Å². The number of carbonyl (C=O) groups excluding carboxylic acids is 1. The van der Waals surface area contributed by atoms with Crippen molar-refractivity contribution < 1.29 is 14.3 Å². The van der Waals surface area contributed by atoms with Gasteiger partial charge in [0.05, 0.1) is 0 Å². The van der Waals surface area contributed by atoms with Crippen LogP contribution in [-0.4, -0.2) is 49.9 Å². The maximum absolute atomic E-state index is 12.0. The van der Waals surface area contributed by atoms with E-state index in [2.05, 4.69) is 0 Å². The molecule has 0 aromatic rings. The van der Waals surface area contributed by atoms with Gasteiger partial charge in [0.1, 0.15) is 5.60 Å². The van der Waals surface area contributed by atoms with Gasteiger partial charge in [0.2, 0.25) is 0 Å². The molecule has 0 aromatic carbocycles. The van der Waals surface area contributed by atoms with E-state index in [4.69, 9.17) is 15.2 Å². The van der Waals surface area contributed by atoms with Gasteiger partial charge in [-0.25, -0.2) is 4.79 Å². The van der Waals surface area contributed by atoms with Gasteiger partial charge in [0.15, 0.2) is 0 Å². The molecule has 1 heterocycles. The average molecular weight is 286 g/mol. The van der Waals surface area contributed by atoms with E-state index in [1.807, 2.05) is 25.7 Å². The Labute approximate surface area is 122 Å². The molecule has 1 saturated heterocycles. The number of ether oxygens (including phenoxy) is 2. The summed E-state index contributed by atoms with van der Waals surface area (Å²) in [7, 11) is 1.74. The molecule has 1 unspecified atom stereocenters. The van der Waals surface area contributed by atoms with Gasteiger partial charge < -0.3 is 20.1 Å². The molecule has 5 nitrogen and oxygen atoms in total. The normalized spacial score (nSPS) is 18.9. The van der Waals surface area contributed by atoms with E-state index < -0.39 is 5.60 Å². The summed E-state index contributed by atoms with van der Waals surface area (Å²) in [5, 5.41) is 0. The Morgan fingerprint density at radius 3 is 2.40 bits per heavy atom. The highest BCUT2D eigenvalue weighted by molar-refractivity contribution is 5.68. The number of piperidine rings is 1. The lowest BCUT2D eigenvalue weighted by Crippen LogP contribution is -2.43. The standard InChI is InChI=1S/C15H30N2O3/c1-15(2,3)20-14(18)17-9-6-12(7-10-17)13(5-8-16)11-19-4/h12-13H,5-11,16H2,1-4H3. The van der Waals surface area contributed by atoms with Crippen LogP contribution in [0.15, 0.2) is 0 Å². The largest absolute Gasteiger partial charge is 0.444 e. The highest BCUT2D eigenvalue weighted by Gasteiger charge is 2.30. The summed E-state index contributed by atoms with van der Waals surface area (Å²) in [6, 6.07) is 0. The molecule has 5 heteroatoms. The number of methoxy groups -OCH3 is 1. The molecule has 2 N–H and O–H groups in total. The molecule has 1 amide bonds. The molecule has 0 spiro atoms. The fraction of sp³-hybridized carbons (Fsp3) is 0.933. The number of likely N-dealkylation sites (tertiary alicyclic amines) is 1. The van der Waals surface area contributed by atoms with Gasteiger partial charge in [-0.3, -0.25) is 0 Å². The molecular weight excluding hydrogens is 256 g/mol. The van der Waals surface area contributed by atoms with Crippen LogP contribution in [0.4, 0.5) is 4.79 Å². The first kappa shape index (κ1) is 17.2. The van der Waals surface area contributed by atoms with Crippen molar-refractivity contribution in [3.8, 4) is 0 Å². The lowest BCUT2D eigenvalue weighted by molar-refractivity contribution is 0.0124. The van der Waals surface area contributed by atoms with Gasteiger partial charge in [-0.1, -0.05) is 0 Å². The molecule has 1 aliphatic rings. The zero-order chi connectivity index (χ0) is 15.2. The lowest BCUT2D eigenvalue weighted by atomic mass is 9.83. The summed E-state index contributed by atoms with van der Waals surface area (Å²) in [4.78, 5) is 13.8. The van der Waals surface area contributed by atoms with Crippen molar-refractivity contribution >= 4 is 6.09 Å². The second kappa shape index (κ2) is 7.84. The van der Waals surface area contributed by atoms with Crippen molar-refractivity contribution in [1.82, 2.24) is 4.90 Å². The van der Waals surface area contributed by atoms with E-state index in [0.29, 0.717) is 18.4 Å². The van der Waals surface area contributed by atoms with Crippen molar-refractivity contribution in [1.29, 1.82) is 0 Å². The number of hydrogen-bond donors (Lipinski definition) is 1. The number of carbonyl (C=O) groups is 1. The number of nitrogens with zero attached hydrogens (tertiary/aromatic N) is 1. The Morgan fingerprint density at radius 1 is 1.35 bits per heavy atom. The highest BCUT2D eigenvalue weighted by Crippen LogP contribution is 2.28. The van der Waals surface area contributed by atoms with Crippen LogP contribution in [0.1, 0.15) is 40.0 Å². The van der Waals surface area contributed by atoms with Gasteiger partial charge in [-0.05, 0) is 58.4 Å². The second-order valence-corrected chi connectivity index (χ2v) is 6.60. The smallest absolute Gasteiger partial charge is 0.410 e. The second-order valence-electron chi connectivity index (χ2n) is 6.60. The molecule has 1 atom stereocenters. The summed E-state index contributed by atoms with van der Waals surface area (Å²) in [6.45, 7) is 8.68. The highest BCUT2D eigenvalue weighted by atomic mass is 16.6. The van der Waals surface area contributed by atoms with E-state index in [-0.39, 0.29) is 6.09 Å². The molecule has 1 rings (SSSR count). The number of hydrogen-bond acceptors (Lipinski definition) is 4. The van der Waals surface area contributed by atoms with Crippen LogP contribution in [0, 0.1) is 11.8 Å². The molecule has 20 heavy (non-hydrogen) atoms. The molecule has 0 aromatic heterocycles. The quantitative estimate of drug-likeness (QED) is 0.842. The fourth-order valence-corrected chi connectivity index (χ4v) is 2.76. The van der Waals surface area contributed by atoms with Gasteiger partial charge in [0.25, 0.3) is 0 Å². The first-order chi connectivity index (χ1) is 9.37. The summed E-state index contributed by atoms with van der Waals surface area (Å²) in [5.74, 6) is 1.10. The third kappa shape index (κ3) is 5.67. The Hall–Kier alpha value is -0.810. The maximum atomic E-state index is 12.0. The molecule has 0 aliphatic carbocycles.